The van der Waals surface area contributed by atoms with Crippen molar-refractivity contribution in [1.29, 1.82) is 0 Å². The molecule has 0 bridgehead atoms. The highest BCUT2D eigenvalue weighted by atomic mass is 13.7. The molecule has 0 unspecified atom stereocenters. The third kappa shape index (κ3) is 7.22. The van der Waals surface area contributed by atoms with Crippen molar-refractivity contribution in [3.63, 3.8) is 0 Å². The van der Waals surface area contributed by atoms with Crippen LogP contribution in [0, 0.1) is 0 Å². The Morgan fingerprint density at radius 2 is 1.80 bits per heavy atom. The lowest BCUT2D eigenvalue weighted by atomic mass is 10.3. The van der Waals surface area contributed by atoms with Crippen molar-refractivity contribution in [2.75, 3.05) is 0 Å². The third-order valence-corrected chi connectivity index (χ3v) is 1.02. The van der Waals surface area contributed by atoms with E-state index in [0.717, 1.165) is 6.42 Å². The molecule has 0 aliphatic rings. The fourth-order valence-corrected chi connectivity index (χ4v) is 0.527. The van der Waals surface area contributed by atoms with Gasteiger partial charge in [0.05, 0.1) is 0 Å². The van der Waals surface area contributed by atoms with Crippen LogP contribution in [0.3, 0.4) is 0 Å². The van der Waals surface area contributed by atoms with E-state index in [1.807, 2.05) is 0 Å². The van der Waals surface area contributed by atoms with Crippen molar-refractivity contribution in [3.05, 3.63) is 36.0 Å². The molecule has 0 atom stereocenters. The smallest absolute Gasteiger partial charge is 0.0376 e. The van der Waals surface area contributed by atoms with E-state index < -0.39 is 0 Å². The van der Waals surface area contributed by atoms with Gasteiger partial charge < -0.3 is 0 Å². The van der Waals surface area contributed by atoms with Gasteiger partial charge in [-0.05, 0) is 20.3 Å². The first-order chi connectivity index (χ1) is 4.77. The van der Waals surface area contributed by atoms with Gasteiger partial charge >= 0.3 is 0 Å². The first-order valence-electron chi connectivity index (χ1n) is 3.74. The lowest BCUT2D eigenvalue weighted by Gasteiger charge is -1.79. The van der Waals surface area contributed by atoms with Gasteiger partial charge in [-0.1, -0.05) is 42.9 Å². The first-order valence-corrected chi connectivity index (χ1v) is 3.74. The third-order valence-electron chi connectivity index (χ3n) is 1.02. The first kappa shape index (κ1) is 9.22. The maximum absolute atomic E-state index is 2.13. The lowest BCUT2D eigenvalue weighted by Crippen LogP contribution is -1.58. The van der Waals surface area contributed by atoms with Crippen LogP contribution in [-0.4, -0.2) is 0 Å². The van der Waals surface area contributed by atoms with E-state index in [-0.39, 0.29) is 0 Å². The Bertz CT molecular complexity index is 143. The van der Waals surface area contributed by atoms with Crippen LogP contribution in [0.1, 0.15) is 27.2 Å². The summed E-state index contributed by atoms with van der Waals surface area (Å²) in [6.07, 6.45) is 11.5. The molecule has 0 heteroatoms. The van der Waals surface area contributed by atoms with E-state index in [4.69, 9.17) is 0 Å². The highest BCUT2D eigenvalue weighted by Crippen LogP contribution is 1.89. The van der Waals surface area contributed by atoms with Crippen molar-refractivity contribution in [2.45, 2.75) is 27.2 Å². The highest BCUT2D eigenvalue weighted by molar-refractivity contribution is 5.13. The van der Waals surface area contributed by atoms with Crippen LogP contribution in [-0.2, 0) is 0 Å². The Labute approximate surface area is 64.0 Å². The molecule has 0 radical (unpaired) electrons. The molecule has 0 saturated heterocycles. The molecule has 0 aromatic rings. The molecule has 56 valence electrons. The predicted molar refractivity (Wildman–Crippen MR) is 48.0 cm³/mol. The largest absolute Gasteiger partial charge is 0.0848 e. The van der Waals surface area contributed by atoms with Gasteiger partial charge in [-0.2, -0.15) is 0 Å². The van der Waals surface area contributed by atoms with Gasteiger partial charge in [0.15, 0.2) is 0 Å². The molecule has 0 saturated carbocycles. The second-order valence-corrected chi connectivity index (χ2v) is 2.47. The van der Waals surface area contributed by atoms with Crippen molar-refractivity contribution in [2.24, 2.45) is 0 Å². The lowest BCUT2D eigenvalue weighted by molar-refractivity contribution is 1.22. The van der Waals surface area contributed by atoms with Gasteiger partial charge in [0, 0.05) is 0 Å². The Balaban J connectivity index is 3.57. The summed E-state index contributed by atoms with van der Waals surface area (Å²) in [6, 6.07) is 0. The fourth-order valence-electron chi connectivity index (χ4n) is 0.527. The van der Waals surface area contributed by atoms with E-state index in [1.165, 1.54) is 5.57 Å². The molecule has 0 rings (SSSR count). The minimum atomic E-state index is 1.11. The van der Waals surface area contributed by atoms with Gasteiger partial charge in [-0.15, -0.1) is 0 Å². The molecule has 0 N–H and O–H groups in total. The summed E-state index contributed by atoms with van der Waals surface area (Å²) in [6.45, 7) is 6.31. The van der Waals surface area contributed by atoms with Gasteiger partial charge in [0.2, 0.25) is 0 Å². The molecule has 0 nitrogen and oxygen atoms in total. The molecular weight excluding hydrogens is 120 g/mol. The van der Waals surface area contributed by atoms with Gasteiger partial charge in [0.1, 0.15) is 0 Å². The number of hydrogen-bond donors (Lipinski definition) is 0. The minimum absolute atomic E-state index is 1.11. The fraction of sp³-hybridized carbons (Fsp3) is 0.400. The highest BCUT2D eigenvalue weighted by Gasteiger charge is 1.67. The van der Waals surface area contributed by atoms with Crippen LogP contribution in [0.4, 0.5) is 0 Å². The van der Waals surface area contributed by atoms with E-state index in [2.05, 4.69) is 51.2 Å². The van der Waals surface area contributed by atoms with E-state index in [9.17, 15) is 0 Å². The molecule has 0 spiro atoms. The van der Waals surface area contributed by atoms with E-state index in [1.54, 1.807) is 0 Å². The van der Waals surface area contributed by atoms with Crippen molar-refractivity contribution >= 4 is 0 Å². The monoisotopic (exact) mass is 136 g/mol. The number of allylic oxidation sites excluding steroid dienone is 6. The van der Waals surface area contributed by atoms with Crippen molar-refractivity contribution < 1.29 is 0 Å². The predicted octanol–water partition coefficient (Wildman–Crippen LogP) is 3.48. The summed E-state index contributed by atoms with van der Waals surface area (Å²) >= 11 is 0. The summed E-state index contributed by atoms with van der Waals surface area (Å²) in [5, 5.41) is 0. The summed E-state index contributed by atoms with van der Waals surface area (Å²) in [5.74, 6) is 0. The standard InChI is InChI=1S/C10H16/c1-4-5-6-7-8-9-10(2)3/h5-9H,4H2,1-3H3/b6-5+,8-7+. The SMILES string of the molecule is CC/C=C/C=C/C=C(C)C. The Morgan fingerprint density at radius 3 is 2.30 bits per heavy atom. The zero-order valence-corrected chi connectivity index (χ0v) is 7.09. The van der Waals surface area contributed by atoms with Crippen LogP contribution in [0.15, 0.2) is 36.0 Å². The zero-order valence-electron chi connectivity index (χ0n) is 7.09. The molecule has 0 fully saturated rings. The average Bonchev–Trinajstić information content (AvgIpc) is 1.87. The topological polar surface area (TPSA) is 0 Å². The number of rotatable bonds is 3. The molecule has 0 aliphatic carbocycles. The minimum Gasteiger partial charge on any atom is -0.0848 e. The summed E-state index contributed by atoms with van der Waals surface area (Å²) in [5.41, 5.74) is 1.33. The number of hydrogen-bond acceptors (Lipinski definition) is 0. The van der Waals surface area contributed by atoms with Gasteiger partial charge in [-0.3, -0.25) is 0 Å². The summed E-state index contributed by atoms with van der Waals surface area (Å²) in [7, 11) is 0. The van der Waals surface area contributed by atoms with Crippen LogP contribution in [0.5, 0.6) is 0 Å². The zero-order chi connectivity index (χ0) is 7.82. The molecule has 0 heterocycles. The molecule has 0 amide bonds. The summed E-state index contributed by atoms with van der Waals surface area (Å²) < 4.78 is 0. The second kappa shape index (κ2) is 6.34. The Hall–Kier alpha value is -0.780. The molecule has 10 heavy (non-hydrogen) atoms. The van der Waals surface area contributed by atoms with Crippen LogP contribution in [0.25, 0.3) is 0 Å². The Kier molecular flexibility index (Phi) is 5.85. The summed E-state index contributed by atoms with van der Waals surface area (Å²) in [4.78, 5) is 0. The van der Waals surface area contributed by atoms with Crippen LogP contribution < -0.4 is 0 Å². The van der Waals surface area contributed by atoms with Crippen LogP contribution in [0.2, 0.25) is 0 Å². The normalized spacial score (nSPS) is 11.1. The van der Waals surface area contributed by atoms with Crippen LogP contribution >= 0.6 is 0 Å². The molecule has 0 aromatic heterocycles. The molecular formula is C10H16. The quantitative estimate of drug-likeness (QED) is 0.521. The average molecular weight is 136 g/mol. The van der Waals surface area contributed by atoms with Gasteiger partial charge in [0.25, 0.3) is 0 Å². The Morgan fingerprint density at radius 1 is 1.10 bits per heavy atom. The maximum Gasteiger partial charge on any atom is -0.0376 e. The van der Waals surface area contributed by atoms with Crippen molar-refractivity contribution in [3.8, 4) is 0 Å². The van der Waals surface area contributed by atoms with Crippen molar-refractivity contribution in [1.82, 2.24) is 0 Å². The van der Waals surface area contributed by atoms with E-state index >= 15 is 0 Å². The second-order valence-electron chi connectivity index (χ2n) is 2.47. The van der Waals surface area contributed by atoms with E-state index in [0.29, 0.717) is 0 Å². The molecule has 0 aliphatic heterocycles. The maximum atomic E-state index is 2.13. The molecule has 0 aromatic carbocycles. The van der Waals surface area contributed by atoms with Gasteiger partial charge in [-0.25, -0.2) is 0 Å².